The van der Waals surface area contributed by atoms with Gasteiger partial charge >= 0.3 is 0 Å². The Labute approximate surface area is 172 Å². The van der Waals surface area contributed by atoms with Gasteiger partial charge in [-0.1, -0.05) is 36.4 Å². The summed E-state index contributed by atoms with van der Waals surface area (Å²) >= 11 is 0. The standard InChI is InChI=1S/C23H27N5O/c1-2-7-19(8-3-1)13-25-23-26-14-20(15-27-23)16-28(18-22-10-6-12-29-22)17-21-9-4-5-11-24-21/h1-5,7-9,11,14-15,22H,6,10,12-13,16-18H2,(H,25,26,27). The Bertz CT molecular complexity index is 851. The van der Waals surface area contributed by atoms with E-state index in [1.165, 1.54) is 5.56 Å². The van der Waals surface area contributed by atoms with Crippen molar-refractivity contribution in [3.8, 4) is 0 Å². The molecule has 6 nitrogen and oxygen atoms in total. The van der Waals surface area contributed by atoms with Crippen molar-refractivity contribution in [1.82, 2.24) is 19.9 Å². The smallest absolute Gasteiger partial charge is 0.222 e. The molecule has 1 saturated heterocycles. The predicted molar refractivity (Wildman–Crippen MR) is 113 cm³/mol. The molecule has 4 rings (SSSR count). The fraction of sp³-hybridized carbons (Fsp3) is 0.348. The second-order valence-electron chi connectivity index (χ2n) is 7.38. The molecule has 6 heteroatoms. The molecule has 0 radical (unpaired) electrons. The molecule has 1 atom stereocenters. The lowest BCUT2D eigenvalue weighted by Gasteiger charge is -2.24. The van der Waals surface area contributed by atoms with Crippen molar-refractivity contribution in [2.24, 2.45) is 0 Å². The third-order valence-electron chi connectivity index (χ3n) is 5.00. The molecule has 1 aromatic carbocycles. The minimum absolute atomic E-state index is 0.298. The van der Waals surface area contributed by atoms with Gasteiger partial charge in [-0.15, -0.1) is 0 Å². The summed E-state index contributed by atoms with van der Waals surface area (Å²) in [5.41, 5.74) is 3.36. The molecular formula is C23H27N5O. The molecule has 0 saturated carbocycles. The highest BCUT2D eigenvalue weighted by atomic mass is 16.5. The highest BCUT2D eigenvalue weighted by Crippen LogP contribution is 2.16. The summed E-state index contributed by atoms with van der Waals surface area (Å²) in [5.74, 6) is 0.646. The molecule has 1 unspecified atom stereocenters. The lowest BCUT2D eigenvalue weighted by Crippen LogP contribution is -2.31. The van der Waals surface area contributed by atoms with Gasteiger partial charge in [-0.05, 0) is 30.5 Å². The van der Waals surface area contributed by atoms with Crippen LogP contribution >= 0.6 is 0 Å². The van der Waals surface area contributed by atoms with Gasteiger partial charge < -0.3 is 10.1 Å². The zero-order valence-corrected chi connectivity index (χ0v) is 16.6. The van der Waals surface area contributed by atoms with Crippen LogP contribution in [-0.4, -0.2) is 39.1 Å². The predicted octanol–water partition coefficient (Wildman–Crippen LogP) is 3.66. The highest BCUT2D eigenvalue weighted by Gasteiger charge is 2.20. The van der Waals surface area contributed by atoms with Crippen molar-refractivity contribution in [3.63, 3.8) is 0 Å². The van der Waals surface area contributed by atoms with Gasteiger partial charge in [0.25, 0.3) is 0 Å². The molecule has 150 valence electrons. The number of nitrogens with one attached hydrogen (secondary N) is 1. The second kappa shape index (κ2) is 10.1. The Kier molecular flexibility index (Phi) is 6.78. The number of aromatic nitrogens is 3. The van der Waals surface area contributed by atoms with E-state index >= 15 is 0 Å². The number of ether oxygens (including phenoxy) is 1. The topological polar surface area (TPSA) is 63.2 Å². The second-order valence-corrected chi connectivity index (χ2v) is 7.38. The Morgan fingerprint density at radius 3 is 2.48 bits per heavy atom. The Morgan fingerprint density at radius 1 is 0.931 bits per heavy atom. The number of benzene rings is 1. The summed E-state index contributed by atoms with van der Waals surface area (Å²) in [6.07, 6.45) is 8.22. The largest absolute Gasteiger partial charge is 0.377 e. The van der Waals surface area contributed by atoms with Gasteiger partial charge in [0.05, 0.1) is 11.8 Å². The van der Waals surface area contributed by atoms with Crippen LogP contribution in [0.2, 0.25) is 0 Å². The fourth-order valence-electron chi connectivity index (χ4n) is 3.54. The third-order valence-corrected chi connectivity index (χ3v) is 5.00. The first-order valence-corrected chi connectivity index (χ1v) is 10.2. The van der Waals surface area contributed by atoms with Crippen LogP contribution in [0.4, 0.5) is 5.95 Å². The van der Waals surface area contributed by atoms with Crippen LogP contribution in [0.3, 0.4) is 0 Å². The molecule has 1 fully saturated rings. The van der Waals surface area contributed by atoms with Gasteiger partial charge in [-0.3, -0.25) is 9.88 Å². The number of rotatable bonds is 9. The van der Waals surface area contributed by atoms with Gasteiger partial charge in [0.15, 0.2) is 0 Å². The summed E-state index contributed by atoms with van der Waals surface area (Å²) < 4.78 is 5.85. The van der Waals surface area contributed by atoms with Crippen molar-refractivity contribution >= 4 is 5.95 Å². The van der Waals surface area contributed by atoms with Crippen LogP contribution < -0.4 is 5.32 Å². The summed E-state index contributed by atoms with van der Waals surface area (Å²) in [6.45, 7) is 4.03. The minimum atomic E-state index is 0.298. The normalized spacial score (nSPS) is 16.2. The molecule has 29 heavy (non-hydrogen) atoms. The SMILES string of the molecule is c1ccc(CNc2ncc(CN(Cc3ccccn3)CC3CCCO3)cn2)cc1. The first-order chi connectivity index (χ1) is 14.3. The van der Waals surface area contributed by atoms with Gasteiger partial charge in [0.2, 0.25) is 5.95 Å². The third kappa shape index (κ3) is 6.07. The molecule has 1 N–H and O–H groups in total. The maximum Gasteiger partial charge on any atom is 0.222 e. The molecule has 1 aliphatic rings. The molecule has 2 aromatic heterocycles. The van der Waals surface area contributed by atoms with Crippen LogP contribution in [-0.2, 0) is 24.4 Å². The van der Waals surface area contributed by atoms with Gasteiger partial charge in [-0.2, -0.15) is 0 Å². The van der Waals surface area contributed by atoms with E-state index in [-0.39, 0.29) is 0 Å². The Morgan fingerprint density at radius 2 is 1.76 bits per heavy atom. The maximum absolute atomic E-state index is 5.85. The molecule has 0 spiro atoms. The average molecular weight is 390 g/mol. The van der Waals surface area contributed by atoms with E-state index in [1.54, 1.807) is 0 Å². The number of pyridine rings is 1. The van der Waals surface area contributed by atoms with Crippen molar-refractivity contribution in [2.75, 3.05) is 18.5 Å². The molecule has 0 amide bonds. The molecular weight excluding hydrogens is 362 g/mol. The Balaban J connectivity index is 1.36. The molecule has 0 bridgehead atoms. The molecule has 3 aromatic rings. The molecule has 3 heterocycles. The number of anilines is 1. The first kappa shape index (κ1) is 19.5. The zero-order valence-electron chi connectivity index (χ0n) is 16.6. The summed E-state index contributed by atoms with van der Waals surface area (Å²) in [4.78, 5) is 15.8. The van der Waals surface area contributed by atoms with Crippen LogP contribution in [0.5, 0.6) is 0 Å². The van der Waals surface area contributed by atoms with E-state index in [1.807, 2.05) is 48.9 Å². The highest BCUT2D eigenvalue weighted by molar-refractivity contribution is 5.28. The Hall–Kier alpha value is -2.83. The van der Waals surface area contributed by atoms with Gasteiger partial charge in [0.1, 0.15) is 0 Å². The molecule has 0 aliphatic carbocycles. The minimum Gasteiger partial charge on any atom is -0.377 e. The zero-order chi connectivity index (χ0) is 19.7. The van der Waals surface area contributed by atoms with Gasteiger partial charge in [0, 0.05) is 56.9 Å². The lowest BCUT2D eigenvalue weighted by atomic mass is 10.2. The summed E-state index contributed by atoms with van der Waals surface area (Å²) in [6, 6.07) is 16.3. The van der Waals surface area contributed by atoms with Crippen LogP contribution in [0, 0.1) is 0 Å². The van der Waals surface area contributed by atoms with Crippen molar-refractivity contribution < 1.29 is 4.74 Å². The quantitative estimate of drug-likeness (QED) is 0.603. The maximum atomic E-state index is 5.85. The van der Waals surface area contributed by atoms with Crippen molar-refractivity contribution in [1.29, 1.82) is 0 Å². The molecule has 1 aliphatic heterocycles. The number of nitrogens with zero attached hydrogens (tertiary/aromatic N) is 4. The summed E-state index contributed by atoms with van der Waals surface area (Å²) in [7, 11) is 0. The van der Waals surface area contributed by atoms with E-state index in [0.717, 1.165) is 50.3 Å². The number of hydrogen-bond donors (Lipinski definition) is 1. The number of hydrogen-bond acceptors (Lipinski definition) is 6. The van der Waals surface area contributed by atoms with Gasteiger partial charge in [-0.25, -0.2) is 9.97 Å². The lowest BCUT2D eigenvalue weighted by molar-refractivity contribution is 0.0674. The van der Waals surface area contributed by atoms with Crippen LogP contribution in [0.1, 0.15) is 29.7 Å². The summed E-state index contributed by atoms with van der Waals surface area (Å²) in [5, 5.41) is 3.27. The fourth-order valence-corrected chi connectivity index (χ4v) is 3.54. The monoisotopic (exact) mass is 389 g/mol. The van der Waals surface area contributed by atoms with Crippen LogP contribution in [0.25, 0.3) is 0 Å². The van der Waals surface area contributed by atoms with E-state index in [2.05, 4.69) is 43.4 Å². The van der Waals surface area contributed by atoms with Crippen LogP contribution in [0.15, 0.2) is 67.1 Å². The van der Waals surface area contributed by atoms with Crippen molar-refractivity contribution in [3.05, 3.63) is 83.9 Å². The van der Waals surface area contributed by atoms with E-state index in [4.69, 9.17) is 4.74 Å². The van der Waals surface area contributed by atoms with E-state index in [9.17, 15) is 0 Å². The first-order valence-electron chi connectivity index (χ1n) is 10.2. The van der Waals surface area contributed by atoms with Crippen molar-refractivity contribution in [2.45, 2.75) is 38.6 Å². The van der Waals surface area contributed by atoms with E-state index in [0.29, 0.717) is 18.6 Å². The van der Waals surface area contributed by atoms with E-state index < -0.39 is 0 Å². The average Bonchev–Trinajstić information content (AvgIpc) is 3.28.